The highest BCUT2D eigenvalue weighted by Crippen LogP contribution is 2.49. The Bertz CT molecular complexity index is 5870. The predicted octanol–water partition coefficient (Wildman–Crippen LogP) is 19.5. The van der Waals surface area contributed by atoms with Crippen LogP contribution in [0.2, 0.25) is 30.5 Å². The first kappa shape index (κ1) is 86.8. The molecule has 0 spiro atoms. The largest absolute Gasteiger partial charge is 0.494 e. The van der Waals surface area contributed by atoms with Crippen LogP contribution < -0.4 is 47.2 Å². The number of carbonyl (C=O) groups is 2. The Kier molecular flexibility index (Phi) is 27.2. The van der Waals surface area contributed by atoms with Gasteiger partial charge < -0.3 is 51.9 Å². The van der Waals surface area contributed by atoms with Gasteiger partial charge >= 0.3 is 0 Å². The van der Waals surface area contributed by atoms with Crippen LogP contribution in [0.15, 0.2) is 103 Å². The number of hydrogen-bond donors (Lipinski definition) is 5. The van der Waals surface area contributed by atoms with Crippen molar-refractivity contribution in [1.82, 2.24) is 62.8 Å². The predicted molar refractivity (Wildman–Crippen MR) is 461 cm³/mol. The van der Waals surface area contributed by atoms with Crippen molar-refractivity contribution in [2.24, 2.45) is 0 Å². The number of nitrogens with one attached hydrogen (secondary N) is 1. The lowest BCUT2D eigenvalue weighted by molar-refractivity contribution is -0.119. The monoisotopic (exact) mass is 1780 g/mol. The highest BCUT2D eigenvalue weighted by molar-refractivity contribution is 9.10. The molecule has 1 aliphatic carbocycles. The normalized spacial score (nSPS) is 15.4. The minimum absolute atomic E-state index is 0.0368. The Hall–Kier alpha value is -9.58. The van der Waals surface area contributed by atoms with Gasteiger partial charge in [0.25, 0.3) is 0 Å². The van der Waals surface area contributed by atoms with Crippen molar-refractivity contribution in [1.29, 1.82) is 0 Å². The van der Waals surface area contributed by atoms with Gasteiger partial charge in [-0.25, -0.2) is 48.7 Å². The molecule has 117 heavy (non-hydrogen) atoms. The van der Waals surface area contributed by atoms with E-state index >= 15 is 8.78 Å². The molecule has 2 aliphatic heterocycles. The summed E-state index contributed by atoms with van der Waals surface area (Å²) in [7, 11) is 0. The molecule has 3 aliphatic rings. The molecular weight excluding hydrogens is 1690 g/mol. The quantitative estimate of drug-likeness (QED) is 0.0502. The summed E-state index contributed by atoms with van der Waals surface area (Å²) in [5, 5.41) is 4.98. The number of nitrogens with zero attached hydrogens (tertiary/aromatic N) is 12. The number of anilines is 4. The topological polar surface area (TPSA) is 317 Å². The second-order valence-corrected chi connectivity index (χ2v) is 32.3. The third kappa shape index (κ3) is 17.8. The SMILES string of the molecule is CC(C)Oc1c(C(C)c2nc(Cl)c3c(N)nccn23)cc(Cl)c(F)c1C1=CCC(=O)C=C1.CCOc1c(C(C)c2nc(Cl)c3c(N)nccn23)cc(Cl)c(C)c1C1CCOCC1.CCOc1cc(C)c(Cl)cc1C(C)c1nc(Br)c2c(N)nccn12.Cc1cc(C(C)c2nc(Cl)c3c(N)nccn23)c(OC(C)C)c(C2CNC(=O)C2)c1F. The van der Waals surface area contributed by atoms with Crippen LogP contribution in [0.3, 0.4) is 0 Å². The first-order valence-electron chi connectivity index (χ1n) is 38.2. The number of allylic oxidation sites excluding steroid dienone is 4. The Labute approximate surface area is 714 Å². The van der Waals surface area contributed by atoms with Crippen LogP contribution in [0, 0.1) is 32.4 Å². The number of imidazole rings is 4. The maximum atomic E-state index is 15.4. The van der Waals surface area contributed by atoms with Crippen LogP contribution in [0.25, 0.3) is 27.6 Å². The molecule has 616 valence electrons. The van der Waals surface area contributed by atoms with Gasteiger partial charge in [0.15, 0.2) is 50.3 Å². The summed E-state index contributed by atoms with van der Waals surface area (Å²) in [5.41, 5.74) is 34.7. The van der Waals surface area contributed by atoms with Crippen molar-refractivity contribution in [2.45, 2.75) is 163 Å². The summed E-state index contributed by atoms with van der Waals surface area (Å²) in [4.78, 5) is 58.2. The van der Waals surface area contributed by atoms with E-state index in [1.54, 1.807) is 77.2 Å². The van der Waals surface area contributed by atoms with Crippen LogP contribution in [0.5, 0.6) is 23.0 Å². The minimum atomic E-state index is -0.608. The molecule has 1 amide bonds. The van der Waals surface area contributed by atoms with Gasteiger partial charge in [-0.2, -0.15) is 0 Å². The molecule has 0 radical (unpaired) electrons. The van der Waals surface area contributed by atoms with Gasteiger partial charge in [0.05, 0.1) is 36.0 Å². The molecule has 15 rings (SSSR count). The van der Waals surface area contributed by atoms with Crippen LogP contribution >= 0.6 is 85.5 Å². The summed E-state index contributed by atoms with van der Waals surface area (Å²) in [5.74, 6) is 4.77. The number of ketones is 1. The van der Waals surface area contributed by atoms with Gasteiger partial charge in [-0.05, 0) is 156 Å². The molecule has 12 aromatic rings. The van der Waals surface area contributed by atoms with Crippen molar-refractivity contribution in [3.05, 3.63) is 224 Å². The van der Waals surface area contributed by atoms with Crippen molar-refractivity contribution in [2.75, 3.05) is 55.9 Å². The van der Waals surface area contributed by atoms with E-state index in [1.165, 1.54) is 11.6 Å². The molecule has 2 saturated heterocycles. The molecule has 0 saturated carbocycles. The first-order valence-corrected chi connectivity index (χ1v) is 41.2. The highest BCUT2D eigenvalue weighted by Gasteiger charge is 2.36. The van der Waals surface area contributed by atoms with Crippen LogP contribution in [-0.2, 0) is 14.3 Å². The number of nitrogens with two attached hydrogens (primary N) is 4. The van der Waals surface area contributed by atoms with Crippen molar-refractivity contribution < 1.29 is 42.1 Å². The molecular formula is C84H90BrCl6F2N17O7. The number of rotatable bonds is 19. The first-order chi connectivity index (χ1) is 55.7. The van der Waals surface area contributed by atoms with Gasteiger partial charge in [-0.15, -0.1) is 0 Å². The van der Waals surface area contributed by atoms with Gasteiger partial charge in [0.2, 0.25) is 5.91 Å². The van der Waals surface area contributed by atoms with Gasteiger partial charge in [0.1, 0.15) is 78.8 Å². The fourth-order valence-corrected chi connectivity index (χ4v) is 17.1. The summed E-state index contributed by atoms with van der Waals surface area (Å²) < 4.78 is 68.6. The molecule has 4 aromatic carbocycles. The lowest BCUT2D eigenvalue weighted by atomic mass is 9.84. The molecule has 33 heteroatoms. The van der Waals surface area contributed by atoms with E-state index in [0.717, 1.165) is 87.6 Å². The average Bonchev–Trinajstić information content (AvgIpc) is 1.72. The van der Waals surface area contributed by atoms with E-state index in [-0.39, 0.29) is 98.8 Å². The summed E-state index contributed by atoms with van der Waals surface area (Å²) in [6.07, 6.45) is 20.2. The molecule has 10 heterocycles. The molecule has 8 aromatic heterocycles. The highest BCUT2D eigenvalue weighted by atomic mass is 79.9. The lowest BCUT2D eigenvalue weighted by Gasteiger charge is -2.29. The summed E-state index contributed by atoms with van der Waals surface area (Å²) in [6.45, 7) is 28.3. The summed E-state index contributed by atoms with van der Waals surface area (Å²) in [6, 6.07) is 9.24. The second kappa shape index (κ2) is 36.7. The number of aromatic nitrogens is 12. The zero-order valence-corrected chi connectivity index (χ0v) is 72.8. The number of carbonyl (C=O) groups excluding carboxylic acids is 2. The number of ether oxygens (including phenoxy) is 5. The molecule has 9 N–H and O–H groups in total. The third-order valence-electron chi connectivity index (χ3n) is 20.8. The zero-order chi connectivity index (χ0) is 84.4. The number of aryl methyl sites for hydroxylation is 2. The Morgan fingerprint density at radius 3 is 1.47 bits per heavy atom. The van der Waals surface area contributed by atoms with Crippen LogP contribution in [-0.4, -0.2) is 114 Å². The molecule has 5 atom stereocenters. The van der Waals surface area contributed by atoms with Gasteiger partial charge in [0, 0.05) is 155 Å². The van der Waals surface area contributed by atoms with Gasteiger partial charge in [-0.3, -0.25) is 27.2 Å². The summed E-state index contributed by atoms with van der Waals surface area (Å²) >= 11 is 42.0. The lowest BCUT2D eigenvalue weighted by Crippen LogP contribution is -2.18. The van der Waals surface area contributed by atoms with Crippen molar-refractivity contribution in [3.63, 3.8) is 0 Å². The van der Waals surface area contributed by atoms with E-state index in [9.17, 15) is 9.59 Å². The van der Waals surface area contributed by atoms with Crippen molar-refractivity contribution in [3.8, 4) is 23.0 Å². The fraction of sp³-hybridized carbons (Fsp3) is 0.357. The molecule has 24 nitrogen and oxygen atoms in total. The second-order valence-electron chi connectivity index (χ2n) is 29.3. The molecule has 5 unspecified atom stereocenters. The molecule has 0 bridgehead atoms. The number of halogens is 9. The fourth-order valence-electron chi connectivity index (χ4n) is 15.1. The average molecular weight is 1780 g/mol. The number of hydrogen-bond acceptors (Lipinski definition) is 19. The minimum Gasteiger partial charge on any atom is -0.494 e. The van der Waals surface area contributed by atoms with Gasteiger partial charge in [-0.1, -0.05) is 109 Å². The Morgan fingerprint density at radius 1 is 0.538 bits per heavy atom. The Balaban J connectivity index is 0.000000144. The smallest absolute Gasteiger partial charge is 0.220 e. The van der Waals surface area contributed by atoms with E-state index in [2.05, 4.69) is 81.9 Å². The standard InChI is InChI=1S/C23H21Cl2FN4O2.C22H26Cl2N4O2.C22H25ClFN5O2.C17H18BrClN4O/c1-11(2)32-20-15(10-16(24)18(26)17(20)13-4-6-14(31)7-5-13)12(3)23-29-21(25)19-22(27)28-8-9-30(19)23;1-4-30-19-15(11-16(23)13(3)17(19)14-5-9-29-10-6-14)12(2)22-27-20(24)18-21(25)26-7-8-28(18)22;1-10(2)31-19-14(7-11(3)17(24)16(19)13-8-15(30)27-9-13)12(4)22-28-20(23)18-21(25)26-5-6-29(18)22;1-4-24-13-7-9(2)12(19)8-11(13)10(3)17-22-15(18)14-16(20)21-5-6-23(14)17/h4-6,8-12H,7H2,1-3H3,(H2,27,28);7-8,11-12,14H,4-6,9-10H2,1-3H3,(H2,25,26);5-7,10,12-13H,8-9H2,1-4H3,(H2,25,26)(H,27,30);5-8,10H,4H2,1-3H3,(H2,20,21). The van der Waals surface area contributed by atoms with E-state index in [0.29, 0.717) is 114 Å². The maximum Gasteiger partial charge on any atom is 0.220 e. The number of fused-ring (bicyclic) bond motifs is 4. The number of nitrogen functional groups attached to an aromatic ring is 4. The maximum absolute atomic E-state index is 15.4. The van der Waals surface area contributed by atoms with Crippen LogP contribution in [0.1, 0.15) is 209 Å². The van der Waals surface area contributed by atoms with Crippen LogP contribution in [0.4, 0.5) is 32.1 Å². The zero-order valence-electron chi connectivity index (χ0n) is 66.7. The van der Waals surface area contributed by atoms with E-state index in [4.69, 9.17) is 116 Å². The van der Waals surface area contributed by atoms with E-state index in [1.807, 2.05) is 102 Å². The van der Waals surface area contributed by atoms with Crippen molar-refractivity contribution >= 4 is 148 Å². The van der Waals surface area contributed by atoms with E-state index < -0.39 is 11.7 Å². The number of benzene rings is 4. The number of amides is 1. The Morgan fingerprint density at radius 2 is 0.991 bits per heavy atom. The molecule has 2 fully saturated rings. The third-order valence-corrected chi connectivity index (χ3v) is 23.2.